The third kappa shape index (κ3) is 4.29. The molecule has 0 aliphatic carbocycles. The maximum atomic E-state index is 12.1. The average Bonchev–Trinajstić information content (AvgIpc) is 2.12. The number of amides is 1. The minimum Gasteiger partial charge on any atom is -0.481 e. The fourth-order valence-corrected chi connectivity index (χ4v) is 3.13. The maximum absolute atomic E-state index is 12.1. The highest BCUT2D eigenvalue weighted by atomic mass is 127. The number of ether oxygens (including phenoxy) is 1. The standard InChI is InChI=1S/C12H20INO4/c1-11(2,3)18-10(17)14-7-5-4-6-12(14,13)8-9(15)16/h4-8H2,1-3H3,(H,15,16)/t12-/m1/s1. The van der Waals surface area contributed by atoms with Gasteiger partial charge in [0.2, 0.25) is 0 Å². The van der Waals surface area contributed by atoms with Gasteiger partial charge in [0.15, 0.2) is 0 Å². The zero-order valence-corrected chi connectivity index (χ0v) is 13.2. The summed E-state index contributed by atoms with van der Waals surface area (Å²) in [7, 11) is 0. The Kier molecular flexibility index (Phi) is 4.85. The first-order valence-corrected chi connectivity index (χ1v) is 7.13. The van der Waals surface area contributed by atoms with Crippen LogP contribution in [0.5, 0.6) is 0 Å². The molecule has 1 saturated heterocycles. The second-order valence-electron chi connectivity index (χ2n) is 5.58. The molecule has 1 amide bonds. The van der Waals surface area contributed by atoms with Crippen LogP contribution in [0.4, 0.5) is 4.79 Å². The van der Waals surface area contributed by atoms with E-state index in [0.717, 1.165) is 12.8 Å². The number of carbonyl (C=O) groups excluding carboxylic acids is 1. The van der Waals surface area contributed by atoms with E-state index in [4.69, 9.17) is 9.84 Å². The summed E-state index contributed by atoms with van der Waals surface area (Å²) < 4.78 is 4.68. The van der Waals surface area contributed by atoms with Crippen LogP contribution in [0.25, 0.3) is 0 Å². The van der Waals surface area contributed by atoms with Crippen LogP contribution in [-0.2, 0) is 9.53 Å². The summed E-state index contributed by atoms with van der Waals surface area (Å²) >= 11 is 2.08. The van der Waals surface area contributed by atoms with Crippen LogP contribution in [0.1, 0.15) is 46.5 Å². The van der Waals surface area contributed by atoms with Gasteiger partial charge in [-0.2, -0.15) is 0 Å². The van der Waals surface area contributed by atoms with Gasteiger partial charge in [0.05, 0.1) is 6.42 Å². The van der Waals surface area contributed by atoms with E-state index >= 15 is 0 Å². The molecule has 1 aliphatic rings. The van der Waals surface area contributed by atoms with Crippen molar-refractivity contribution in [1.29, 1.82) is 0 Å². The number of carboxylic acids is 1. The minimum absolute atomic E-state index is 0.0488. The molecule has 1 rings (SSSR count). The zero-order chi connectivity index (χ0) is 14.0. The summed E-state index contributed by atoms with van der Waals surface area (Å²) in [5.41, 5.74) is -0.560. The number of rotatable bonds is 2. The largest absolute Gasteiger partial charge is 0.481 e. The highest BCUT2D eigenvalue weighted by Crippen LogP contribution is 2.38. The highest BCUT2D eigenvalue weighted by Gasteiger charge is 2.42. The molecule has 5 nitrogen and oxygen atoms in total. The summed E-state index contributed by atoms with van der Waals surface area (Å²) in [6.45, 7) is 5.98. The maximum Gasteiger partial charge on any atom is 0.411 e. The van der Waals surface area contributed by atoms with E-state index in [0.29, 0.717) is 13.0 Å². The summed E-state index contributed by atoms with van der Waals surface area (Å²) in [5.74, 6) is -0.889. The number of alkyl halides is 1. The van der Waals surface area contributed by atoms with Crippen molar-refractivity contribution in [2.45, 2.75) is 55.6 Å². The number of nitrogens with zero attached hydrogens (tertiary/aromatic N) is 1. The Labute approximate surface area is 121 Å². The molecular weight excluding hydrogens is 349 g/mol. The molecule has 0 spiro atoms. The Balaban J connectivity index is 2.82. The molecule has 0 aromatic heterocycles. The van der Waals surface area contributed by atoms with Gasteiger partial charge in [-0.1, -0.05) is 22.6 Å². The Morgan fingerprint density at radius 1 is 1.39 bits per heavy atom. The molecule has 0 bridgehead atoms. The molecule has 0 radical (unpaired) electrons. The van der Waals surface area contributed by atoms with Gasteiger partial charge in [-0.05, 0) is 40.0 Å². The Morgan fingerprint density at radius 2 is 2.00 bits per heavy atom. The average molecular weight is 369 g/mol. The topological polar surface area (TPSA) is 66.8 Å². The van der Waals surface area contributed by atoms with Crippen LogP contribution in [0.2, 0.25) is 0 Å². The number of hydrogen-bond acceptors (Lipinski definition) is 3. The van der Waals surface area contributed by atoms with Gasteiger partial charge in [0.1, 0.15) is 9.15 Å². The predicted octanol–water partition coefficient (Wildman–Crippen LogP) is 3.01. The number of aliphatic carboxylic acids is 1. The molecule has 0 aromatic carbocycles. The van der Waals surface area contributed by atoms with Crippen molar-refractivity contribution in [1.82, 2.24) is 4.90 Å². The van der Waals surface area contributed by atoms with Crippen LogP contribution in [0.3, 0.4) is 0 Å². The summed E-state index contributed by atoms with van der Waals surface area (Å²) in [5, 5.41) is 8.98. The first kappa shape index (κ1) is 15.5. The number of likely N-dealkylation sites (tertiary alicyclic amines) is 1. The van der Waals surface area contributed by atoms with E-state index in [9.17, 15) is 9.59 Å². The van der Waals surface area contributed by atoms with Crippen LogP contribution >= 0.6 is 22.6 Å². The minimum atomic E-state index is -0.889. The van der Waals surface area contributed by atoms with Gasteiger partial charge in [-0.15, -0.1) is 0 Å². The van der Waals surface area contributed by atoms with E-state index < -0.39 is 21.2 Å². The van der Waals surface area contributed by atoms with Crippen LogP contribution in [0.15, 0.2) is 0 Å². The molecule has 1 fully saturated rings. The van der Waals surface area contributed by atoms with Crippen molar-refractivity contribution in [3.8, 4) is 0 Å². The van der Waals surface area contributed by atoms with Gasteiger partial charge >= 0.3 is 12.1 Å². The van der Waals surface area contributed by atoms with E-state index in [-0.39, 0.29) is 6.42 Å². The van der Waals surface area contributed by atoms with Crippen molar-refractivity contribution in [3.63, 3.8) is 0 Å². The van der Waals surface area contributed by atoms with Gasteiger partial charge in [-0.25, -0.2) is 4.79 Å². The van der Waals surface area contributed by atoms with E-state index in [2.05, 4.69) is 22.6 Å². The smallest absolute Gasteiger partial charge is 0.411 e. The van der Waals surface area contributed by atoms with Gasteiger partial charge in [-0.3, -0.25) is 9.69 Å². The molecule has 0 aromatic rings. The third-order valence-electron chi connectivity index (χ3n) is 2.71. The number of carboxylic acid groups (broad SMARTS) is 1. The van der Waals surface area contributed by atoms with Gasteiger partial charge < -0.3 is 9.84 Å². The lowest BCUT2D eigenvalue weighted by atomic mass is 10.00. The molecule has 1 heterocycles. The SMILES string of the molecule is CC(C)(C)OC(=O)N1CCCC[C@]1(I)CC(=O)O. The summed E-state index contributed by atoms with van der Waals surface area (Å²) in [4.78, 5) is 24.6. The molecule has 18 heavy (non-hydrogen) atoms. The van der Waals surface area contributed by atoms with Crippen molar-refractivity contribution in [2.75, 3.05) is 6.54 Å². The fraction of sp³-hybridized carbons (Fsp3) is 0.833. The first-order valence-electron chi connectivity index (χ1n) is 6.05. The van der Waals surface area contributed by atoms with E-state index in [1.165, 1.54) is 0 Å². The lowest BCUT2D eigenvalue weighted by Crippen LogP contribution is -2.52. The van der Waals surface area contributed by atoms with E-state index in [1.54, 1.807) is 25.7 Å². The summed E-state index contributed by atoms with van der Waals surface area (Å²) in [6.07, 6.45) is 2.06. The fourth-order valence-electron chi connectivity index (χ4n) is 1.99. The molecule has 1 aliphatic heterocycles. The number of carbonyl (C=O) groups is 2. The quantitative estimate of drug-likeness (QED) is 0.462. The lowest BCUT2D eigenvalue weighted by Gasteiger charge is -2.42. The van der Waals surface area contributed by atoms with Crippen molar-refractivity contribution in [3.05, 3.63) is 0 Å². The lowest BCUT2D eigenvalue weighted by molar-refractivity contribution is -0.138. The van der Waals surface area contributed by atoms with Crippen LogP contribution in [0, 0.1) is 0 Å². The molecule has 1 N–H and O–H groups in total. The van der Waals surface area contributed by atoms with Crippen LogP contribution < -0.4 is 0 Å². The van der Waals surface area contributed by atoms with Crippen molar-refractivity contribution in [2.24, 2.45) is 0 Å². The number of piperidine rings is 1. The Morgan fingerprint density at radius 3 is 2.50 bits per heavy atom. The van der Waals surface area contributed by atoms with E-state index in [1.807, 2.05) is 0 Å². The monoisotopic (exact) mass is 369 g/mol. The molecule has 0 saturated carbocycles. The predicted molar refractivity (Wildman–Crippen MR) is 75.8 cm³/mol. The molecule has 0 unspecified atom stereocenters. The molecule has 104 valence electrons. The zero-order valence-electron chi connectivity index (χ0n) is 11.0. The number of halogens is 1. The van der Waals surface area contributed by atoms with Crippen molar-refractivity contribution >= 4 is 34.7 Å². The second-order valence-corrected chi connectivity index (χ2v) is 7.59. The van der Waals surface area contributed by atoms with Gasteiger partial charge in [0.25, 0.3) is 0 Å². The van der Waals surface area contributed by atoms with Gasteiger partial charge in [0, 0.05) is 6.54 Å². The number of hydrogen-bond donors (Lipinski definition) is 1. The molecular formula is C12H20INO4. The molecule has 1 atom stereocenters. The van der Waals surface area contributed by atoms with Crippen LogP contribution in [-0.4, -0.2) is 37.8 Å². The first-order chi connectivity index (χ1) is 8.14. The Bertz CT molecular complexity index is 339. The normalized spacial score (nSPS) is 24.8. The Hall–Kier alpha value is -0.530. The molecule has 6 heteroatoms. The summed E-state index contributed by atoms with van der Waals surface area (Å²) in [6, 6.07) is 0. The third-order valence-corrected chi connectivity index (χ3v) is 4.21. The second kappa shape index (κ2) is 5.63. The van der Waals surface area contributed by atoms with Crippen molar-refractivity contribution < 1.29 is 19.4 Å². The highest BCUT2D eigenvalue weighted by molar-refractivity contribution is 14.1.